The molecule has 0 bridgehead atoms. The summed E-state index contributed by atoms with van der Waals surface area (Å²) in [4.78, 5) is 33.3. The molecule has 0 aliphatic rings. The Morgan fingerprint density at radius 3 is 2.25 bits per heavy atom. The summed E-state index contributed by atoms with van der Waals surface area (Å²) in [6, 6.07) is -1.39. The number of amides is 3. The summed E-state index contributed by atoms with van der Waals surface area (Å²) in [6.07, 6.45) is 1.07. The maximum Gasteiger partial charge on any atom is 0.312 e. The van der Waals surface area contributed by atoms with E-state index < -0.39 is 18.0 Å². The molecule has 0 fully saturated rings. The van der Waals surface area contributed by atoms with Gasteiger partial charge in [-0.2, -0.15) is 0 Å². The van der Waals surface area contributed by atoms with Crippen molar-refractivity contribution in [3.8, 4) is 0 Å². The van der Waals surface area contributed by atoms with Crippen LogP contribution >= 0.6 is 0 Å². The zero-order chi connectivity index (χ0) is 15.7. The molecule has 0 spiro atoms. The lowest BCUT2D eigenvalue weighted by Gasteiger charge is -2.20. The van der Waals surface area contributed by atoms with Gasteiger partial charge in [0.1, 0.15) is 6.04 Å². The molecule has 0 aliphatic heterocycles. The molecule has 0 saturated carbocycles. The van der Waals surface area contributed by atoms with Gasteiger partial charge in [0.25, 0.3) is 0 Å². The number of carboxylic acid groups (broad SMARTS) is 1. The van der Waals surface area contributed by atoms with Gasteiger partial charge in [-0.25, -0.2) is 4.79 Å². The van der Waals surface area contributed by atoms with Gasteiger partial charge in [0, 0.05) is 13.0 Å². The summed E-state index contributed by atoms with van der Waals surface area (Å²) in [6.45, 7) is 6.13. The number of aliphatic carboxylic acids is 1. The highest BCUT2D eigenvalue weighted by atomic mass is 16.4. The quantitative estimate of drug-likeness (QED) is 0.498. The van der Waals surface area contributed by atoms with E-state index in [0.717, 1.165) is 0 Å². The number of urea groups is 1. The van der Waals surface area contributed by atoms with Gasteiger partial charge in [-0.05, 0) is 24.7 Å². The number of rotatable bonds is 9. The van der Waals surface area contributed by atoms with Crippen molar-refractivity contribution in [3.05, 3.63) is 0 Å². The van der Waals surface area contributed by atoms with Crippen LogP contribution in [0.25, 0.3) is 0 Å². The van der Waals surface area contributed by atoms with Crippen LogP contribution < -0.4 is 16.4 Å². The van der Waals surface area contributed by atoms with E-state index in [1.165, 1.54) is 0 Å². The fraction of sp³-hybridized carbons (Fsp3) is 0.769. The Labute approximate surface area is 119 Å². The summed E-state index contributed by atoms with van der Waals surface area (Å²) in [5.41, 5.74) is 5.05. The molecular formula is C13H25N3O4. The summed E-state index contributed by atoms with van der Waals surface area (Å²) in [5.74, 6) is -0.846. The number of nitrogens with one attached hydrogen (secondary N) is 2. The first kappa shape index (κ1) is 18.2. The Bertz CT molecular complexity index is 345. The molecule has 3 amide bonds. The van der Waals surface area contributed by atoms with Crippen LogP contribution in [0, 0.1) is 11.8 Å². The van der Waals surface area contributed by atoms with Crippen LogP contribution in [0.2, 0.25) is 0 Å². The molecule has 5 N–H and O–H groups in total. The van der Waals surface area contributed by atoms with E-state index in [1.807, 2.05) is 20.8 Å². The van der Waals surface area contributed by atoms with Crippen LogP contribution in [0.1, 0.15) is 40.0 Å². The van der Waals surface area contributed by atoms with Gasteiger partial charge >= 0.3 is 12.0 Å². The zero-order valence-electron chi connectivity index (χ0n) is 12.3. The smallest absolute Gasteiger partial charge is 0.312 e. The van der Waals surface area contributed by atoms with Crippen molar-refractivity contribution >= 4 is 17.9 Å². The first-order valence-electron chi connectivity index (χ1n) is 6.77. The normalized spacial score (nSPS) is 13.6. The standard InChI is InChI=1S/C13H25N3O4/c1-8(2)6-10(16-13(14)20)12(19)15-7-9(3)4-5-11(17)18/h8-10H,4-7H2,1-3H3,(H,15,19)(H,17,18)(H3,14,16,20). The minimum atomic E-state index is -0.851. The predicted molar refractivity (Wildman–Crippen MR) is 75.0 cm³/mol. The van der Waals surface area contributed by atoms with Crippen molar-refractivity contribution in [2.45, 2.75) is 46.1 Å². The van der Waals surface area contributed by atoms with E-state index in [2.05, 4.69) is 10.6 Å². The molecule has 0 aliphatic carbocycles. The van der Waals surface area contributed by atoms with Crippen molar-refractivity contribution < 1.29 is 19.5 Å². The minimum Gasteiger partial charge on any atom is -0.481 e. The molecule has 7 heteroatoms. The monoisotopic (exact) mass is 287 g/mol. The highest BCUT2D eigenvalue weighted by molar-refractivity contribution is 5.86. The van der Waals surface area contributed by atoms with E-state index in [0.29, 0.717) is 19.4 Å². The first-order chi connectivity index (χ1) is 9.22. The third kappa shape index (κ3) is 9.18. The Kier molecular flexibility index (Phi) is 8.35. The topological polar surface area (TPSA) is 122 Å². The van der Waals surface area contributed by atoms with Crippen molar-refractivity contribution in [1.82, 2.24) is 10.6 Å². The SMILES string of the molecule is CC(C)CC(NC(N)=O)C(=O)NCC(C)CCC(=O)O. The molecule has 0 aromatic carbocycles. The maximum absolute atomic E-state index is 12.0. The molecule has 116 valence electrons. The third-order valence-corrected chi connectivity index (χ3v) is 2.82. The lowest BCUT2D eigenvalue weighted by molar-refractivity contribution is -0.137. The highest BCUT2D eigenvalue weighted by Gasteiger charge is 2.21. The van der Waals surface area contributed by atoms with Gasteiger partial charge < -0.3 is 21.5 Å². The van der Waals surface area contributed by atoms with E-state index in [9.17, 15) is 14.4 Å². The molecule has 0 radical (unpaired) electrons. The maximum atomic E-state index is 12.0. The lowest BCUT2D eigenvalue weighted by Crippen LogP contribution is -2.49. The number of carbonyl (C=O) groups excluding carboxylic acids is 2. The van der Waals surface area contributed by atoms with Crippen molar-refractivity contribution in [2.75, 3.05) is 6.54 Å². The Hall–Kier alpha value is -1.79. The van der Waals surface area contributed by atoms with Gasteiger partial charge in [0.05, 0.1) is 0 Å². The molecule has 20 heavy (non-hydrogen) atoms. The van der Waals surface area contributed by atoms with Crippen LogP contribution in [0.3, 0.4) is 0 Å². The number of primary amides is 1. The second-order valence-corrected chi connectivity index (χ2v) is 5.47. The number of carbonyl (C=O) groups is 3. The molecule has 0 rings (SSSR count). The Morgan fingerprint density at radius 1 is 1.20 bits per heavy atom. The molecule has 0 aromatic heterocycles. The van der Waals surface area contributed by atoms with E-state index in [4.69, 9.17) is 10.8 Å². The van der Waals surface area contributed by atoms with Gasteiger partial charge in [0.15, 0.2) is 0 Å². The minimum absolute atomic E-state index is 0.0586. The summed E-state index contributed by atoms with van der Waals surface area (Å²) >= 11 is 0. The van der Waals surface area contributed by atoms with Crippen LogP contribution in [0.15, 0.2) is 0 Å². The molecular weight excluding hydrogens is 262 g/mol. The predicted octanol–water partition coefficient (Wildman–Crippen LogP) is 0.687. The molecule has 0 heterocycles. The van der Waals surface area contributed by atoms with Gasteiger partial charge in [0.2, 0.25) is 5.91 Å². The van der Waals surface area contributed by atoms with E-state index in [-0.39, 0.29) is 24.2 Å². The van der Waals surface area contributed by atoms with Crippen molar-refractivity contribution in [2.24, 2.45) is 17.6 Å². The number of hydrogen-bond acceptors (Lipinski definition) is 3. The molecule has 2 atom stereocenters. The molecule has 2 unspecified atom stereocenters. The summed E-state index contributed by atoms with van der Waals surface area (Å²) in [7, 11) is 0. The van der Waals surface area contributed by atoms with Crippen LogP contribution in [0.5, 0.6) is 0 Å². The molecule has 0 saturated heterocycles. The average molecular weight is 287 g/mol. The van der Waals surface area contributed by atoms with Gasteiger partial charge in [-0.1, -0.05) is 20.8 Å². The molecule has 0 aromatic rings. The largest absolute Gasteiger partial charge is 0.481 e. The number of carboxylic acids is 1. The summed E-state index contributed by atoms with van der Waals surface area (Å²) < 4.78 is 0. The molecule has 7 nitrogen and oxygen atoms in total. The second-order valence-electron chi connectivity index (χ2n) is 5.47. The highest BCUT2D eigenvalue weighted by Crippen LogP contribution is 2.07. The van der Waals surface area contributed by atoms with Crippen molar-refractivity contribution in [1.29, 1.82) is 0 Å². The second kappa shape index (κ2) is 9.17. The van der Waals surface area contributed by atoms with Crippen LogP contribution in [-0.2, 0) is 9.59 Å². The van der Waals surface area contributed by atoms with Crippen molar-refractivity contribution in [3.63, 3.8) is 0 Å². The Morgan fingerprint density at radius 2 is 1.80 bits per heavy atom. The third-order valence-electron chi connectivity index (χ3n) is 2.82. The lowest BCUT2D eigenvalue weighted by atomic mass is 10.0. The first-order valence-corrected chi connectivity index (χ1v) is 6.77. The number of hydrogen-bond donors (Lipinski definition) is 4. The zero-order valence-corrected chi connectivity index (χ0v) is 12.3. The van der Waals surface area contributed by atoms with Gasteiger partial charge in [-0.15, -0.1) is 0 Å². The fourth-order valence-electron chi connectivity index (χ4n) is 1.74. The fourth-order valence-corrected chi connectivity index (χ4v) is 1.74. The number of nitrogens with two attached hydrogens (primary N) is 1. The van der Waals surface area contributed by atoms with E-state index >= 15 is 0 Å². The van der Waals surface area contributed by atoms with Crippen LogP contribution in [0.4, 0.5) is 4.79 Å². The van der Waals surface area contributed by atoms with E-state index in [1.54, 1.807) is 0 Å². The average Bonchev–Trinajstić information content (AvgIpc) is 2.31. The van der Waals surface area contributed by atoms with Gasteiger partial charge in [-0.3, -0.25) is 9.59 Å². The van der Waals surface area contributed by atoms with Crippen LogP contribution in [-0.4, -0.2) is 35.6 Å². The summed E-state index contributed by atoms with van der Waals surface area (Å²) in [5, 5.41) is 13.7. The Balaban J connectivity index is 4.23.